The van der Waals surface area contributed by atoms with Crippen LogP contribution in [0.2, 0.25) is 0 Å². The van der Waals surface area contributed by atoms with E-state index in [9.17, 15) is 4.79 Å². The molecule has 1 fully saturated rings. The van der Waals surface area contributed by atoms with Crippen LogP contribution in [-0.4, -0.2) is 53.6 Å². The van der Waals surface area contributed by atoms with Crippen molar-refractivity contribution in [2.45, 2.75) is 31.8 Å². The average molecular weight is 359 g/mol. The molecular weight excluding hydrogens is 332 g/mol. The molecule has 1 aliphatic rings. The average Bonchev–Trinajstić information content (AvgIpc) is 2.93. The van der Waals surface area contributed by atoms with Gasteiger partial charge in [0.2, 0.25) is 0 Å². The highest BCUT2D eigenvalue weighted by Crippen LogP contribution is 2.29. The quantitative estimate of drug-likeness (QED) is 0.853. The van der Waals surface area contributed by atoms with E-state index in [4.69, 9.17) is 5.11 Å². The minimum atomic E-state index is -0.740. The Morgan fingerprint density at radius 3 is 2.76 bits per heavy atom. The van der Waals surface area contributed by atoms with E-state index in [1.165, 1.54) is 15.3 Å². The molecule has 1 atom stereocenters. The largest absolute Gasteiger partial charge is 0.480 e. The summed E-state index contributed by atoms with van der Waals surface area (Å²) in [5, 5.41) is 8.98. The topological polar surface area (TPSA) is 43.8 Å². The van der Waals surface area contributed by atoms with Crippen LogP contribution in [0.15, 0.2) is 42.5 Å². The zero-order valence-corrected chi connectivity index (χ0v) is 15.5. The number of carbonyl (C=O) groups is 1. The zero-order valence-electron chi connectivity index (χ0n) is 14.7. The van der Waals surface area contributed by atoms with E-state index in [1.807, 2.05) is 29.4 Å². The lowest BCUT2D eigenvalue weighted by Gasteiger charge is -2.25. The first-order valence-electron chi connectivity index (χ1n) is 8.90. The molecule has 1 saturated heterocycles. The third-order valence-corrected chi connectivity index (χ3v) is 6.02. The molecule has 1 aromatic heterocycles. The third kappa shape index (κ3) is 5.14. The first-order chi connectivity index (χ1) is 12.1. The van der Waals surface area contributed by atoms with Gasteiger partial charge in [0.05, 0.1) is 6.54 Å². The maximum absolute atomic E-state index is 10.9. The Kier molecular flexibility index (Phi) is 6.24. The summed E-state index contributed by atoms with van der Waals surface area (Å²) >= 11 is 1.87. The summed E-state index contributed by atoms with van der Waals surface area (Å²) in [6, 6.07) is 15.4. The Hall–Kier alpha value is -1.69. The fourth-order valence-electron chi connectivity index (χ4n) is 3.52. The number of rotatable bonds is 6. The lowest BCUT2D eigenvalue weighted by Crippen LogP contribution is -2.36. The Labute approximate surface area is 153 Å². The van der Waals surface area contributed by atoms with E-state index < -0.39 is 5.97 Å². The minimum Gasteiger partial charge on any atom is -0.480 e. The van der Waals surface area contributed by atoms with E-state index in [-0.39, 0.29) is 6.54 Å². The summed E-state index contributed by atoms with van der Waals surface area (Å²) in [7, 11) is 1.93. The fraction of sp³-hybridized carbons (Fsp3) is 0.450. The summed E-state index contributed by atoms with van der Waals surface area (Å²) in [6.07, 6.45) is 3.26. The molecule has 2 aromatic rings. The van der Waals surface area contributed by atoms with Gasteiger partial charge in [0.15, 0.2) is 0 Å². The van der Waals surface area contributed by atoms with Gasteiger partial charge in [-0.15, -0.1) is 11.3 Å². The molecule has 1 aliphatic heterocycles. The summed E-state index contributed by atoms with van der Waals surface area (Å²) in [5.74, 6) is -0.740. The number of likely N-dealkylation sites (tertiary alicyclic amines) is 1. The molecule has 3 rings (SSSR count). The normalized spacial score (nSPS) is 19.0. The van der Waals surface area contributed by atoms with Gasteiger partial charge in [0.1, 0.15) is 0 Å². The number of thiophene rings is 1. The van der Waals surface area contributed by atoms with E-state index >= 15 is 0 Å². The van der Waals surface area contributed by atoms with Gasteiger partial charge in [-0.1, -0.05) is 30.3 Å². The van der Waals surface area contributed by atoms with Gasteiger partial charge in [0.25, 0.3) is 0 Å². The number of nitrogens with zero attached hydrogens (tertiary/aromatic N) is 2. The molecule has 2 heterocycles. The Morgan fingerprint density at radius 2 is 2.00 bits per heavy atom. The van der Waals surface area contributed by atoms with Crippen molar-refractivity contribution in [1.29, 1.82) is 0 Å². The van der Waals surface area contributed by atoms with Crippen LogP contribution in [0.4, 0.5) is 0 Å². The van der Waals surface area contributed by atoms with Gasteiger partial charge in [-0.05, 0) is 50.6 Å². The molecule has 0 aliphatic carbocycles. The number of carboxylic acid groups (broad SMARTS) is 1. The predicted octanol–water partition coefficient (Wildman–Crippen LogP) is 3.79. The number of aliphatic carboxylic acids is 1. The zero-order chi connectivity index (χ0) is 17.6. The molecule has 5 heteroatoms. The predicted molar refractivity (Wildman–Crippen MR) is 103 cm³/mol. The Balaban J connectivity index is 1.55. The molecule has 1 aromatic carbocycles. The molecule has 0 spiro atoms. The lowest BCUT2D eigenvalue weighted by atomic mass is 10.1. The van der Waals surface area contributed by atoms with Crippen LogP contribution in [0.1, 0.15) is 24.1 Å². The van der Waals surface area contributed by atoms with Crippen molar-refractivity contribution in [3.63, 3.8) is 0 Å². The maximum Gasteiger partial charge on any atom is 0.317 e. The molecule has 0 bridgehead atoms. The second kappa shape index (κ2) is 8.61. The summed E-state index contributed by atoms with van der Waals surface area (Å²) in [5.41, 5.74) is 1.28. The van der Waals surface area contributed by atoms with E-state index in [0.717, 1.165) is 38.9 Å². The van der Waals surface area contributed by atoms with Gasteiger partial charge in [-0.2, -0.15) is 0 Å². The van der Waals surface area contributed by atoms with Gasteiger partial charge in [-0.25, -0.2) is 0 Å². The van der Waals surface area contributed by atoms with E-state index in [2.05, 4.69) is 41.3 Å². The minimum absolute atomic E-state index is 0.135. The third-order valence-electron chi connectivity index (χ3n) is 4.90. The van der Waals surface area contributed by atoms with Crippen LogP contribution in [-0.2, 0) is 11.3 Å². The van der Waals surface area contributed by atoms with Crippen LogP contribution in [0.5, 0.6) is 0 Å². The highest BCUT2D eigenvalue weighted by Gasteiger charge is 2.22. The highest BCUT2D eigenvalue weighted by molar-refractivity contribution is 7.15. The van der Waals surface area contributed by atoms with Gasteiger partial charge >= 0.3 is 5.97 Å². The van der Waals surface area contributed by atoms with Crippen LogP contribution in [0, 0.1) is 0 Å². The number of hydrogen-bond donors (Lipinski definition) is 1. The summed E-state index contributed by atoms with van der Waals surface area (Å²) < 4.78 is 0. The Morgan fingerprint density at radius 1 is 1.20 bits per heavy atom. The lowest BCUT2D eigenvalue weighted by molar-refractivity contribution is -0.138. The molecule has 4 nitrogen and oxygen atoms in total. The maximum atomic E-state index is 10.9. The number of hydrogen-bond acceptors (Lipinski definition) is 4. The molecular formula is C20H26N2O2S. The number of likely N-dealkylation sites (N-methyl/N-ethyl adjacent to an activating group) is 1. The molecule has 1 unspecified atom stereocenters. The van der Waals surface area contributed by atoms with Crippen LogP contribution >= 0.6 is 11.3 Å². The van der Waals surface area contributed by atoms with Crippen LogP contribution < -0.4 is 0 Å². The van der Waals surface area contributed by atoms with Crippen molar-refractivity contribution >= 4 is 17.3 Å². The summed E-state index contributed by atoms with van der Waals surface area (Å²) in [4.78, 5) is 18.1. The van der Waals surface area contributed by atoms with Gasteiger partial charge in [0, 0.05) is 28.9 Å². The first-order valence-corrected chi connectivity index (χ1v) is 9.72. The van der Waals surface area contributed by atoms with Crippen molar-refractivity contribution in [1.82, 2.24) is 9.80 Å². The molecule has 0 amide bonds. The van der Waals surface area contributed by atoms with Crippen LogP contribution in [0.3, 0.4) is 0 Å². The smallest absolute Gasteiger partial charge is 0.317 e. The second-order valence-electron chi connectivity index (χ2n) is 6.80. The first kappa shape index (κ1) is 18.1. The van der Waals surface area contributed by atoms with Crippen molar-refractivity contribution < 1.29 is 9.90 Å². The molecule has 0 saturated carbocycles. The van der Waals surface area contributed by atoms with Crippen LogP contribution in [0.25, 0.3) is 10.4 Å². The van der Waals surface area contributed by atoms with E-state index in [1.54, 1.807) is 0 Å². The van der Waals surface area contributed by atoms with Crippen molar-refractivity contribution in [3.8, 4) is 10.4 Å². The van der Waals surface area contributed by atoms with Crippen molar-refractivity contribution in [3.05, 3.63) is 47.3 Å². The highest BCUT2D eigenvalue weighted by atomic mass is 32.1. The second-order valence-corrected chi connectivity index (χ2v) is 7.97. The SMILES string of the molecule is CN(CC(=O)O)C1CCCN(Cc2ccc(-c3ccccc3)s2)CC1. The van der Waals surface area contributed by atoms with Gasteiger partial charge < -0.3 is 5.11 Å². The molecule has 134 valence electrons. The molecule has 1 N–H and O–H groups in total. The monoisotopic (exact) mass is 358 g/mol. The molecule has 0 radical (unpaired) electrons. The van der Waals surface area contributed by atoms with Gasteiger partial charge in [-0.3, -0.25) is 14.6 Å². The number of carboxylic acids is 1. The number of benzene rings is 1. The summed E-state index contributed by atoms with van der Waals surface area (Å²) in [6.45, 7) is 3.26. The Bertz CT molecular complexity index is 686. The molecule has 25 heavy (non-hydrogen) atoms. The standard InChI is InChI=1S/C20H26N2O2S/c1-21(15-20(23)24)17-8-5-12-22(13-11-17)14-18-9-10-19(25-18)16-6-3-2-4-7-16/h2-4,6-7,9-10,17H,5,8,11-15H2,1H3,(H,23,24). The fourth-order valence-corrected chi connectivity index (χ4v) is 4.58. The van der Waals surface area contributed by atoms with E-state index in [0.29, 0.717) is 6.04 Å². The van der Waals surface area contributed by atoms with Crippen molar-refractivity contribution in [2.24, 2.45) is 0 Å². The van der Waals surface area contributed by atoms with Crippen molar-refractivity contribution in [2.75, 3.05) is 26.7 Å².